The number of aliphatic hydroxyl groups excluding tert-OH is 1. The molecule has 0 spiro atoms. The van der Waals surface area contributed by atoms with Crippen molar-refractivity contribution in [3.8, 4) is 0 Å². The van der Waals surface area contributed by atoms with E-state index in [0.29, 0.717) is 22.0 Å². The number of anilines is 1. The van der Waals surface area contributed by atoms with Crippen LogP contribution in [0.25, 0.3) is 0 Å². The largest absolute Gasteiger partial charge is 0.398 e. The van der Waals surface area contributed by atoms with Gasteiger partial charge in [0.05, 0.1) is 5.69 Å². The van der Waals surface area contributed by atoms with E-state index in [4.69, 9.17) is 17.3 Å². The van der Waals surface area contributed by atoms with Crippen LogP contribution in [-0.4, -0.2) is 10.1 Å². The Morgan fingerprint density at radius 1 is 1.25 bits per heavy atom. The van der Waals surface area contributed by atoms with Crippen LogP contribution in [0.1, 0.15) is 17.4 Å². The van der Waals surface area contributed by atoms with Gasteiger partial charge in [-0.05, 0) is 30.3 Å². The number of aliphatic hydroxyl groups is 1. The second-order valence-electron chi connectivity index (χ2n) is 3.43. The normalized spacial score (nSPS) is 12.4. The maximum absolute atomic E-state index is 10.1. The van der Waals surface area contributed by atoms with Gasteiger partial charge in [-0.15, -0.1) is 0 Å². The molecular weight excluding hydrogens is 224 g/mol. The van der Waals surface area contributed by atoms with Crippen molar-refractivity contribution in [1.82, 2.24) is 4.98 Å². The summed E-state index contributed by atoms with van der Waals surface area (Å²) in [6.07, 6.45) is 0.777. The fourth-order valence-corrected chi connectivity index (χ4v) is 1.66. The molecule has 0 aliphatic carbocycles. The molecule has 0 aliphatic rings. The van der Waals surface area contributed by atoms with Crippen LogP contribution < -0.4 is 5.73 Å². The molecule has 2 aromatic rings. The Kier molecular flexibility index (Phi) is 3.08. The number of nitrogens with two attached hydrogens (primary N) is 1. The van der Waals surface area contributed by atoms with E-state index in [1.165, 1.54) is 0 Å². The minimum absolute atomic E-state index is 0.502. The van der Waals surface area contributed by atoms with E-state index in [0.717, 1.165) is 0 Å². The Hall–Kier alpha value is -1.58. The summed E-state index contributed by atoms with van der Waals surface area (Å²) in [4.78, 5) is 4.08. The van der Waals surface area contributed by atoms with Gasteiger partial charge in [0.25, 0.3) is 0 Å². The van der Waals surface area contributed by atoms with Crippen molar-refractivity contribution in [2.45, 2.75) is 6.10 Å². The van der Waals surface area contributed by atoms with E-state index in [9.17, 15) is 5.11 Å². The van der Waals surface area contributed by atoms with Gasteiger partial charge in [-0.3, -0.25) is 4.98 Å². The minimum atomic E-state index is -0.847. The van der Waals surface area contributed by atoms with Crippen LogP contribution in [-0.2, 0) is 0 Å². The summed E-state index contributed by atoms with van der Waals surface area (Å²) in [5.74, 6) is 0. The average molecular weight is 235 g/mol. The third-order valence-electron chi connectivity index (χ3n) is 2.31. The maximum Gasteiger partial charge on any atom is 0.123 e. The van der Waals surface area contributed by atoms with Gasteiger partial charge >= 0.3 is 0 Å². The first kappa shape index (κ1) is 10.9. The Balaban J connectivity index is 2.41. The van der Waals surface area contributed by atoms with Gasteiger partial charge in [0.2, 0.25) is 0 Å². The molecule has 4 heteroatoms. The van der Waals surface area contributed by atoms with Gasteiger partial charge in [0.15, 0.2) is 0 Å². The van der Waals surface area contributed by atoms with Crippen LogP contribution in [0.4, 0.5) is 5.69 Å². The molecule has 3 nitrogen and oxygen atoms in total. The first-order chi connectivity index (χ1) is 7.68. The van der Waals surface area contributed by atoms with Crippen LogP contribution in [0.5, 0.6) is 0 Å². The van der Waals surface area contributed by atoms with E-state index in [2.05, 4.69) is 4.98 Å². The molecule has 1 heterocycles. The zero-order chi connectivity index (χ0) is 11.5. The maximum atomic E-state index is 10.1. The number of nitrogen functional groups attached to an aromatic ring is 1. The molecule has 0 bridgehead atoms. The van der Waals surface area contributed by atoms with Crippen molar-refractivity contribution in [2.24, 2.45) is 0 Å². The highest BCUT2D eigenvalue weighted by atomic mass is 35.5. The quantitative estimate of drug-likeness (QED) is 0.785. The number of hydrogen-bond donors (Lipinski definition) is 2. The first-order valence-corrected chi connectivity index (χ1v) is 5.20. The number of hydrogen-bond acceptors (Lipinski definition) is 3. The van der Waals surface area contributed by atoms with Gasteiger partial charge < -0.3 is 10.8 Å². The highest BCUT2D eigenvalue weighted by Crippen LogP contribution is 2.27. The van der Waals surface area contributed by atoms with E-state index in [1.54, 1.807) is 36.5 Å². The smallest absolute Gasteiger partial charge is 0.123 e. The molecule has 0 radical (unpaired) electrons. The number of pyridine rings is 1. The number of halogens is 1. The molecule has 1 aromatic heterocycles. The molecule has 1 atom stereocenters. The molecule has 0 saturated carbocycles. The topological polar surface area (TPSA) is 59.1 Å². The van der Waals surface area contributed by atoms with Crippen LogP contribution in [0, 0.1) is 0 Å². The number of rotatable bonds is 2. The highest BCUT2D eigenvalue weighted by molar-refractivity contribution is 6.30. The van der Waals surface area contributed by atoms with Crippen molar-refractivity contribution in [3.05, 3.63) is 58.9 Å². The first-order valence-electron chi connectivity index (χ1n) is 4.82. The third kappa shape index (κ3) is 2.15. The second kappa shape index (κ2) is 4.51. The van der Waals surface area contributed by atoms with E-state index >= 15 is 0 Å². The molecule has 0 saturated heterocycles. The molecule has 16 heavy (non-hydrogen) atoms. The summed E-state index contributed by atoms with van der Waals surface area (Å²) in [5, 5.41) is 10.6. The standard InChI is InChI=1S/C12H11ClN2O/c13-8-4-5-10(14)9(7-8)12(16)11-3-1-2-6-15-11/h1-7,12,16H,14H2. The summed E-state index contributed by atoms with van der Waals surface area (Å²) in [7, 11) is 0. The molecule has 1 aromatic carbocycles. The molecule has 82 valence electrons. The SMILES string of the molecule is Nc1ccc(Cl)cc1C(O)c1ccccn1. The third-order valence-corrected chi connectivity index (χ3v) is 2.55. The zero-order valence-electron chi connectivity index (χ0n) is 8.47. The van der Waals surface area contributed by atoms with Gasteiger partial charge in [-0.2, -0.15) is 0 Å². The van der Waals surface area contributed by atoms with Crippen LogP contribution in [0.2, 0.25) is 5.02 Å². The zero-order valence-corrected chi connectivity index (χ0v) is 9.22. The van der Waals surface area contributed by atoms with Crippen molar-refractivity contribution >= 4 is 17.3 Å². The lowest BCUT2D eigenvalue weighted by Crippen LogP contribution is -2.05. The van der Waals surface area contributed by atoms with Crippen LogP contribution in [0.3, 0.4) is 0 Å². The number of benzene rings is 1. The lowest BCUT2D eigenvalue weighted by atomic mass is 10.0. The number of nitrogens with zero attached hydrogens (tertiary/aromatic N) is 1. The average Bonchev–Trinajstić information content (AvgIpc) is 2.32. The summed E-state index contributed by atoms with van der Waals surface area (Å²) < 4.78 is 0. The molecule has 1 unspecified atom stereocenters. The lowest BCUT2D eigenvalue weighted by Gasteiger charge is -2.13. The highest BCUT2D eigenvalue weighted by Gasteiger charge is 2.14. The summed E-state index contributed by atoms with van der Waals surface area (Å²) in [5.41, 5.74) is 7.41. The van der Waals surface area contributed by atoms with E-state index in [-0.39, 0.29) is 0 Å². The minimum Gasteiger partial charge on any atom is -0.398 e. The van der Waals surface area contributed by atoms with Gasteiger partial charge in [0.1, 0.15) is 6.10 Å². The van der Waals surface area contributed by atoms with E-state index < -0.39 is 6.10 Å². The Morgan fingerprint density at radius 2 is 2.06 bits per heavy atom. The van der Waals surface area contributed by atoms with Gasteiger partial charge in [-0.25, -0.2) is 0 Å². The predicted molar refractivity (Wildman–Crippen MR) is 64.2 cm³/mol. The van der Waals surface area contributed by atoms with Crippen molar-refractivity contribution in [1.29, 1.82) is 0 Å². The Labute approximate surface area is 98.5 Å². The Bertz CT molecular complexity index is 488. The molecule has 0 aliphatic heterocycles. The fourth-order valence-electron chi connectivity index (χ4n) is 1.48. The predicted octanol–water partition coefficient (Wildman–Crippen LogP) is 2.40. The van der Waals surface area contributed by atoms with Crippen molar-refractivity contribution in [2.75, 3.05) is 5.73 Å². The molecule has 2 rings (SSSR count). The van der Waals surface area contributed by atoms with Gasteiger partial charge in [0, 0.05) is 22.5 Å². The summed E-state index contributed by atoms with van der Waals surface area (Å²) in [6, 6.07) is 10.3. The fraction of sp³-hybridized carbons (Fsp3) is 0.0833. The van der Waals surface area contributed by atoms with Crippen molar-refractivity contribution in [3.63, 3.8) is 0 Å². The van der Waals surface area contributed by atoms with Crippen LogP contribution in [0.15, 0.2) is 42.6 Å². The van der Waals surface area contributed by atoms with Crippen LogP contribution >= 0.6 is 11.6 Å². The lowest BCUT2D eigenvalue weighted by molar-refractivity contribution is 0.216. The molecule has 0 amide bonds. The molecular formula is C12H11ClN2O. The summed E-state index contributed by atoms with van der Waals surface area (Å²) in [6.45, 7) is 0. The van der Waals surface area contributed by atoms with Crippen molar-refractivity contribution < 1.29 is 5.11 Å². The van der Waals surface area contributed by atoms with E-state index in [1.807, 2.05) is 6.07 Å². The van der Waals surface area contributed by atoms with Gasteiger partial charge in [-0.1, -0.05) is 17.7 Å². The molecule has 3 N–H and O–H groups in total. The summed E-state index contributed by atoms with van der Waals surface area (Å²) >= 11 is 5.86. The monoisotopic (exact) mass is 234 g/mol. The number of aromatic nitrogens is 1. The Morgan fingerprint density at radius 3 is 2.75 bits per heavy atom. The molecule has 0 fully saturated rings. The second-order valence-corrected chi connectivity index (χ2v) is 3.87.